The first kappa shape index (κ1) is 20.9. The zero-order valence-electron chi connectivity index (χ0n) is 17.1. The molecule has 3 aromatic heterocycles. The van der Waals surface area contributed by atoms with E-state index in [2.05, 4.69) is 20.3 Å². The van der Waals surface area contributed by atoms with Crippen LogP contribution in [0.15, 0.2) is 41.7 Å². The van der Waals surface area contributed by atoms with Gasteiger partial charge in [-0.1, -0.05) is 0 Å². The molecule has 0 aliphatic heterocycles. The number of rotatable bonds is 6. The van der Waals surface area contributed by atoms with E-state index in [1.807, 2.05) is 0 Å². The Hall–Kier alpha value is -2.98. The number of thiophene rings is 1. The predicted molar refractivity (Wildman–Crippen MR) is 125 cm³/mol. The minimum absolute atomic E-state index is 0.0945. The zero-order chi connectivity index (χ0) is 22.1. The van der Waals surface area contributed by atoms with E-state index in [0.29, 0.717) is 23.0 Å². The van der Waals surface area contributed by atoms with Crippen LogP contribution in [0.2, 0.25) is 0 Å². The molecule has 0 fully saturated rings. The summed E-state index contributed by atoms with van der Waals surface area (Å²) in [5.74, 6) is 0.430. The number of nitrogens with one attached hydrogen (secondary N) is 2. The minimum Gasteiger partial charge on any atom is -0.325 e. The van der Waals surface area contributed by atoms with Gasteiger partial charge in [-0.3, -0.25) is 9.59 Å². The number of H-pyrrole nitrogens is 1. The van der Waals surface area contributed by atoms with Crippen LogP contribution in [-0.2, 0) is 23.4 Å². The summed E-state index contributed by atoms with van der Waals surface area (Å²) < 4.78 is 15.9. The number of benzene rings is 1. The molecule has 1 aliphatic rings. The Morgan fingerprint density at radius 1 is 1.31 bits per heavy atom. The van der Waals surface area contributed by atoms with E-state index in [-0.39, 0.29) is 17.2 Å². The third kappa shape index (κ3) is 4.20. The van der Waals surface area contributed by atoms with Crippen molar-refractivity contribution in [2.45, 2.75) is 31.4 Å². The summed E-state index contributed by atoms with van der Waals surface area (Å²) in [5, 5.41) is 3.43. The van der Waals surface area contributed by atoms with E-state index in [0.717, 1.165) is 41.5 Å². The summed E-state index contributed by atoms with van der Waals surface area (Å²) in [5.41, 5.74) is 1.81. The number of amides is 1. The average Bonchev–Trinajstić information content (AvgIpc) is 3.41. The van der Waals surface area contributed by atoms with Crippen molar-refractivity contribution in [3.63, 3.8) is 0 Å². The number of aromatic amines is 1. The number of thioether (sulfide) groups is 1. The van der Waals surface area contributed by atoms with Crippen molar-refractivity contribution < 1.29 is 9.18 Å². The molecule has 1 aromatic carbocycles. The van der Waals surface area contributed by atoms with Crippen LogP contribution in [0.5, 0.6) is 0 Å². The third-order valence-electron chi connectivity index (χ3n) is 5.36. The van der Waals surface area contributed by atoms with Gasteiger partial charge in [0.25, 0.3) is 5.56 Å². The first-order valence-corrected chi connectivity index (χ1v) is 12.2. The maximum Gasteiger partial charge on any atom is 0.259 e. The van der Waals surface area contributed by atoms with Crippen LogP contribution >= 0.6 is 23.1 Å². The Kier molecular flexibility index (Phi) is 5.79. The molecule has 3 heterocycles. The number of carbonyl (C=O) groups is 1. The first-order valence-electron chi connectivity index (χ1n) is 10.3. The predicted octanol–water partition coefficient (Wildman–Crippen LogP) is 4.06. The number of fused-ring (bicyclic) bond motifs is 3. The molecule has 0 unspecified atom stereocenters. The van der Waals surface area contributed by atoms with Crippen molar-refractivity contribution in [3.8, 4) is 5.69 Å². The second-order valence-electron chi connectivity index (χ2n) is 7.58. The average molecular weight is 470 g/mol. The molecule has 0 spiro atoms. The van der Waals surface area contributed by atoms with Gasteiger partial charge in [0.1, 0.15) is 16.5 Å². The fourth-order valence-corrected chi connectivity index (χ4v) is 5.88. The Morgan fingerprint density at radius 3 is 3.00 bits per heavy atom. The fraction of sp³-hybridized carbons (Fsp3) is 0.273. The van der Waals surface area contributed by atoms with Crippen LogP contribution in [0.3, 0.4) is 0 Å². The molecule has 5 rings (SSSR count). The van der Waals surface area contributed by atoms with Crippen molar-refractivity contribution in [3.05, 3.63) is 69.4 Å². The van der Waals surface area contributed by atoms with Crippen molar-refractivity contribution in [2.75, 3.05) is 11.1 Å². The standard InChI is InChI=1S/C22H20FN5O2S2/c23-15-9-13(5-6-16(15)28-8-7-24-12-28)25-19(29)11-31-10-18-26-21(30)20-14-3-1-2-4-17(14)32-22(20)27-18/h5-9,12H,1-4,10-11H2,(H,25,29)(H,26,27,30). The highest BCUT2D eigenvalue weighted by atomic mass is 32.2. The Bertz CT molecular complexity index is 1350. The number of hydrogen-bond acceptors (Lipinski definition) is 6. The molecule has 4 aromatic rings. The summed E-state index contributed by atoms with van der Waals surface area (Å²) in [6.07, 6.45) is 8.96. The van der Waals surface area contributed by atoms with Crippen molar-refractivity contribution >= 4 is 44.9 Å². The Labute approximate surface area is 191 Å². The molecule has 2 N–H and O–H groups in total. The second kappa shape index (κ2) is 8.87. The van der Waals surface area contributed by atoms with Gasteiger partial charge in [-0.05, 0) is 49.4 Å². The SMILES string of the molecule is O=C(CSCc1nc2sc3c(c2c(=O)[nH]1)CCCC3)Nc1ccc(-n2ccnc2)c(F)c1. The number of carbonyl (C=O) groups excluding carboxylic acids is 1. The van der Waals surface area contributed by atoms with Gasteiger partial charge in [0.15, 0.2) is 0 Å². The smallest absolute Gasteiger partial charge is 0.259 e. The van der Waals surface area contributed by atoms with Gasteiger partial charge in [-0.2, -0.15) is 0 Å². The van der Waals surface area contributed by atoms with Gasteiger partial charge < -0.3 is 14.9 Å². The largest absolute Gasteiger partial charge is 0.325 e. The summed E-state index contributed by atoms with van der Waals surface area (Å²) in [4.78, 5) is 38.3. The van der Waals surface area contributed by atoms with Crippen LogP contribution in [0, 0.1) is 5.82 Å². The molecule has 32 heavy (non-hydrogen) atoms. The molecule has 0 saturated carbocycles. The Morgan fingerprint density at radius 2 is 2.19 bits per heavy atom. The molecule has 0 atom stereocenters. The van der Waals surface area contributed by atoms with E-state index in [9.17, 15) is 14.0 Å². The van der Waals surface area contributed by atoms with E-state index in [4.69, 9.17) is 0 Å². The van der Waals surface area contributed by atoms with Crippen molar-refractivity contribution in [1.29, 1.82) is 0 Å². The lowest BCUT2D eigenvalue weighted by Gasteiger charge is -2.09. The summed E-state index contributed by atoms with van der Waals surface area (Å²) in [7, 11) is 0. The lowest BCUT2D eigenvalue weighted by molar-refractivity contribution is -0.113. The summed E-state index contributed by atoms with van der Waals surface area (Å²) in [6, 6.07) is 4.51. The molecule has 1 amide bonds. The maximum absolute atomic E-state index is 14.3. The molecule has 1 aliphatic carbocycles. The number of aromatic nitrogens is 4. The van der Waals surface area contributed by atoms with Crippen LogP contribution in [0.25, 0.3) is 15.9 Å². The van der Waals surface area contributed by atoms with Gasteiger partial charge in [0.2, 0.25) is 5.91 Å². The van der Waals surface area contributed by atoms with Crippen molar-refractivity contribution in [2.24, 2.45) is 0 Å². The lowest BCUT2D eigenvalue weighted by Crippen LogP contribution is -2.16. The van der Waals surface area contributed by atoms with Gasteiger partial charge in [-0.15, -0.1) is 23.1 Å². The van der Waals surface area contributed by atoms with Gasteiger partial charge in [0.05, 0.1) is 28.9 Å². The summed E-state index contributed by atoms with van der Waals surface area (Å²) >= 11 is 2.96. The van der Waals surface area contributed by atoms with E-state index >= 15 is 0 Å². The van der Waals surface area contributed by atoms with Crippen LogP contribution < -0.4 is 10.9 Å². The molecule has 164 valence electrons. The number of nitrogens with zero attached hydrogens (tertiary/aromatic N) is 3. The highest BCUT2D eigenvalue weighted by molar-refractivity contribution is 7.99. The van der Waals surface area contributed by atoms with Crippen LogP contribution in [0.1, 0.15) is 29.1 Å². The fourth-order valence-electron chi connectivity index (χ4n) is 3.91. The molecule has 7 nitrogen and oxygen atoms in total. The highest BCUT2D eigenvalue weighted by Gasteiger charge is 2.19. The minimum atomic E-state index is -0.456. The molecule has 0 bridgehead atoms. The topological polar surface area (TPSA) is 92.7 Å². The number of aryl methyl sites for hydroxylation is 2. The Balaban J connectivity index is 1.20. The maximum atomic E-state index is 14.3. The van der Waals surface area contributed by atoms with Gasteiger partial charge in [0, 0.05) is 23.0 Å². The molecular formula is C22H20FN5O2S2. The monoisotopic (exact) mass is 469 g/mol. The van der Waals surface area contributed by atoms with Crippen LogP contribution in [-0.4, -0.2) is 31.2 Å². The number of imidazole rings is 1. The highest BCUT2D eigenvalue weighted by Crippen LogP contribution is 2.33. The van der Waals surface area contributed by atoms with Crippen LogP contribution in [0.4, 0.5) is 10.1 Å². The first-order chi connectivity index (χ1) is 15.6. The van der Waals surface area contributed by atoms with E-state index in [1.54, 1.807) is 40.4 Å². The quantitative estimate of drug-likeness (QED) is 0.444. The zero-order valence-corrected chi connectivity index (χ0v) is 18.7. The van der Waals surface area contributed by atoms with Gasteiger partial charge in [-0.25, -0.2) is 14.4 Å². The van der Waals surface area contributed by atoms with Gasteiger partial charge >= 0.3 is 0 Å². The molecular weight excluding hydrogens is 449 g/mol. The number of anilines is 1. The molecule has 0 radical (unpaired) electrons. The molecule has 10 heteroatoms. The number of hydrogen-bond donors (Lipinski definition) is 2. The third-order valence-corrected chi connectivity index (χ3v) is 7.49. The number of halogens is 1. The van der Waals surface area contributed by atoms with E-state index in [1.165, 1.54) is 29.0 Å². The van der Waals surface area contributed by atoms with E-state index < -0.39 is 5.82 Å². The second-order valence-corrected chi connectivity index (χ2v) is 9.65. The normalized spacial score (nSPS) is 13.3. The summed E-state index contributed by atoms with van der Waals surface area (Å²) in [6.45, 7) is 0. The molecule has 0 saturated heterocycles. The van der Waals surface area contributed by atoms with Crippen molar-refractivity contribution in [1.82, 2.24) is 19.5 Å². The lowest BCUT2D eigenvalue weighted by atomic mass is 9.97.